The van der Waals surface area contributed by atoms with Gasteiger partial charge in [-0.3, -0.25) is 4.68 Å². The molecule has 2 rings (SSSR count). The molecule has 2 aromatic heterocycles. The summed E-state index contributed by atoms with van der Waals surface area (Å²) in [5.41, 5.74) is 2.19. The maximum absolute atomic E-state index is 5.94. The molecule has 1 atom stereocenters. The van der Waals surface area contributed by atoms with Gasteiger partial charge in [0.05, 0.1) is 11.2 Å². The maximum atomic E-state index is 5.94. The molecular formula is C12H16ClN3. The van der Waals surface area contributed by atoms with Gasteiger partial charge in [-0.2, -0.15) is 5.10 Å². The van der Waals surface area contributed by atoms with Gasteiger partial charge in [-0.25, -0.2) is 4.98 Å². The zero-order valence-corrected chi connectivity index (χ0v) is 10.6. The van der Waals surface area contributed by atoms with Gasteiger partial charge < -0.3 is 0 Å². The summed E-state index contributed by atoms with van der Waals surface area (Å²) >= 11 is 5.94. The normalized spacial score (nSPS) is 13.2. The smallest absolute Gasteiger partial charge is 0.131 e. The molecule has 0 radical (unpaired) electrons. The van der Waals surface area contributed by atoms with Crippen molar-refractivity contribution in [2.24, 2.45) is 0 Å². The summed E-state index contributed by atoms with van der Waals surface area (Å²) in [7, 11) is 0. The van der Waals surface area contributed by atoms with Crippen LogP contribution < -0.4 is 0 Å². The van der Waals surface area contributed by atoms with Gasteiger partial charge in [0, 0.05) is 23.7 Å². The Labute approximate surface area is 100 Å². The second-order valence-electron chi connectivity index (χ2n) is 4.03. The Bertz CT molecular complexity index is 504. The lowest BCUT2D eigenvalue weighted by atomic mass is 10.2. The second-order valence-corrected chi connectivity index (χ2v) is 4.41. The zero-order valence-electron chi connectivity index (χ0n) is 9.87. The van der Waals surface area contributed by atoms with Crippen LogP contribution in [0.1, 0.15) is 38.9 Å². The summed E-state index contributed by atoms with van der Waals surface area (Å²) in [6.45, 7) is 6.43. The molecule has 0 bridgehead atoms. The first kappa shape index (κ1) is 11.4. The average Bonchev–Trinajstić information content (AvgIpc) is 2.66. The highest BCUT2D eigenvalue weighted by molar-refractivity contribution is 6.30. The van der Waals surface area contributed by atoms with E-state index in [9.17, 15) is 0 Å². The van der Waals surface area contributed by atoms with E-state index in [0.29, 0.717) is 11.2 Å². The molecule has 16 heavy (non-hydrogen) atoms. The highest BCUT2D eigenvalue weighted by Gasteiger charge is 2.13. The van der Waals surface area contributed by atoms with E-state index in [0.717, 1.165) is 29.4 Å². The number of fused-ring (bicyclic) bond motifs is 1. The van der Waals surface area contributed by atoms with E-state index in [2.05, 4.69) is 35.5 Å². The summed E-state index contributed by atoms with van der Waals surface area (Å²) in [6, 6.07) is 2.29. The first-order chi connectivity index (χ1) is 7.67. The van der Waals surface area contributed by atoms with Crippen LogP contribution in [-0.2, 0) is 6.42 Å². The van der Waals surface area contributed by atoms with Crippen LogP contribution in [0.15, 0.2) is 12.3 Å². The highest BCUT2D eigenvalue weighted by atomic mass is 35.5. The Morgan fingerprint density at radius 1 is 1.44 bits per heavy atom. The fraction of sp³-hybridized carbons (Fsp3) is 0.500. The minimum Gasteiger partial charge on any atom is -0.262 e. The Kier molecular flexibility index (Phi) is 3.15. The van der Waals surface area contributed by atoms with E-state index in [1.54, 1.807) is 0 Å². The molecule has 0 aliphatic carbocycles. The van der Waals surface area contributed by atoms with E-state index in [-0.39, 0.29) is 0 Å². The molecule has 0 aliphatic heterocycles. The Morgan fingerprint density at radius 2 is 2.19 bits per heavy atom. The van der Waals surface area contributed by atoms with Crippen molar-refractivity contribution in [1.82, 2.24) is 14.8 Å². The van der Waals surface area contributed by atoms with Gasteiger partial charge in [-0.05, 0) is 19.8 Å². The van der Waals surface area contributed by atoms with E-state index < -0.39 is 0 Å². The lowest BCUT2D eigenvalue weighted by Crippen LogP contribution is -2.05. The van der Waals surface area contributed by atoms with Crippen molar-refractivity contribution in [3.63, 3.8) is 0 Å². The largest absolute Gasteiger partial charge is 0.262 e. The standard InChI is InChI=1S/C12H16ClN3/c1-4-8(3)16-11-6-12(13)14-7-9(11)10(5-2)15-16/h6-8H,4-5H2,1-3H3. The van der Waals surface area contributed by atoms with E-state index in [1.807, 2.05) is 12.3 Å². The van der Waals surface area contributed by atoms with Gasteiger partial charge in [0.1, 0.15) is 5.15 Å². The summed E-state index contributed by atoms with van der Waals surface area (Å²) < 4.78 is 2.06. The van der Waals surface area contributed by atoms with Crippen LogP contribution in [0.2, 0.25) is 5.15 Å². The van der Waals surface area contributed by atoms with Crippen molar-refractivity contribution in [3.8, 4) is 0 Å². The van der Waals surface area contributed by atoms with Gasteiger partial charge in [0.2, 0.25) is 0 Å². The SMILES string of the molecule is CCc1nn(C(C)CC)c2cc(Cl)ncc12. The molecule has 0 amide bonds. The van der Waals surface area contributed by atoms with Gasteiger partial charge in [0.25, 0.3) is 0 Å². The molecule has 0 saturated heterocycles. The lowest BCUT2D eigenvalue weighted by Gasteiger charge is -2.10. The van der Waals surface area contributed by atoms with Crippen LogP contribution in [0, 0.1) is 0 Å². The Balaban J connectivity index is 2.68. The molecule has 0 N–H and O–H groups in total. The molecule has 0 fully saturated rings. The lowest BCUT2D eigenvalue weighted by molar-refractivity contribution is 0.489. The summed E-state index contributed by atoms with van der Waals surface area (Å²) in [4.78, 5) is 4.13. The van der Waals surface area contributed by atoms with Crippen molar-refractivity contribution in [1.29, 1.82) is 0 Å². The average molecular weight is 238 g/mol. The third kappa shape index (κ3) is 1.80. The number of aromatic nitrogens is 3. The predicted molar refractivity (Wildman–Crippen MR) is 66.9 cm³/mol. The molecule has 2 aromatic rings. The second kappa shape index (κ2) is 4.42. The van der Waals surface area contributed by atoms with Crippen molar-refractivity contribution in [3.05, 3.63) is 23.1 Å². The van der Waals surface area contributed by atoms with Crippen LogP contribution in [-0.4, -0.2) is 14.8 Å². The molecule has 0 spiro atoms. The number of halogens is 1. The zero-order chi connectivity index (χ0) is 11.7. The molecule has 4 heteroatoms. The summed E-state index contributed by atoms with van der Waals surface area (Å²) in [5.74, 6) is 0. The van der Waals surface area contributed by atoms with Crippen LogP contribution in [0.4, 0.5) is 0 Å². The number of nitrogens with zero attached hydrogens (tertiary/aromatic N) is 3. The number of hydrogen-bond acceptors (Lipinski definition) is 2. The van der Waals surface area contributed by atoms with Gasteiger partial charge in [0.15, 0.2) is 0 Å². The molecule has 0 saturated carbocycles. The van der Waals surface area contributed by atoms with Crippen molar-refractivity contribution >= 4 is 22.5 Å². The highest BCUT2D eigenvalue weighted by Crippen LogP contribution is 2.24. The maximum Gasteiger partial charge on any atom is 0.131 e. The van der Waals surface area contributed by atoms with E-state index >= 15 is 0 Å². The van der Waals surface area contributed by atoms with E-state index in [1.165, 1.54) is 0 Å². The van der Waals surface area contributed by atoms with E-state index in [4.69, 9.17) is 11.6 Å². The van der Waals surface area contributed by atoms with Crippen molar-refractivity contribution < 1.29 is 0 Å². The Hall–Kier alpha value is -1.09. The number of rotatable bonds is 3. The molecule has 86 valence electrons. The van der Waals surface area contributed by atoms with Gasteiger partial charge in [-0.1, -0.05) is 25.4 Å². The number of hydrogen-bond donors (Lipinski definition) is 0. The molecule has 2 heterocycles. The molecule has 1 unspecified atom stereocenters. The quantitative estimate of drug-likeness (QED) is 0.764. The van der Waals surface area contributed by atoms with Crippen LogP contribution in [0.25, 0.3) is 10.9 Å². The Morgan fingerprint density at radius 3 is 2.81 bits per heavy atom. The predicted octanol–water partition coefficient (Wildman–Crippen LogP) is 3.62. The summed E-state index contributed by atoms with van der Waals surface area (Å²) in [6.07, 6.45) is 3.80. The summed E-state index contributed by atoms with van der Waals surface area (Å²) in [5, 5.41) is 6.28. The fourth-order valence-electron chi connectivity index (χ4n) is 1.84. The van der Waals surface area contributed by atoms with Crippen LogP contribution in [0.3, 0.4) is 0 Å². The minimum atomic E-state index is 0.390. The molecule has 0 aromatic carbocycles. The topological polar surface area (TPSA) is 30.7 Å². The first-order valence-corrected chi connectivity index (χ1v) is 6.07. The molecule has 3 nitrogen and oxygen atoms in total. The number of pyridine rings is 1. The monoisotopic (exact) mass is 237 g/mol. The van der Waals surface area contributed by atoms with Crippen LogP contribution in [0.5, 0.6) is 0 Å². The van der Waals surface area contributed by atoms with Crippen molar-refractivity contribution in [2.45, 2.75) is 39.7 Å². The van der Waals surface area contributed by atoms with Crippen LogP contribution >= 0.6 is 11.6 Å². The first-order valence-electron chi connectivity index (χ1n) is 5.70. The third-order valence-corrected chi connectivity index (χ3v) is 3.18. The van der Waals surface area contributed by atoms with Gasteiger partial charge >= 0.3 is 0 Å². The van der Waals surface area contributed by atoms with Gasteiger partial charge in [-0.15, -0.1) is 0 Å². The molecule has 0 aliphatic rings. The van der Waals surface area contributed by atoms with Crippen molar-refractivity contribution in [2.75, 3.05) is 0 Å². The third-order valence-electron chi connectivity index (χ3n) is 2.98. The number of aryl methyl sites for hydroxylation is 1. The minimum absolute atomic E-state index is 0.390. The molecular weight excluding hydrogens is 222 g/mol. The fourth-order valence-corrected chi connectivity index (χ4v) is 1.99.